The van der Waals surface area contributed by atoms with Gasteiger partial charge in [0, 0.05) is 21.8 Å². The zero-order chi connectivity index (χ0) is 13.7. The minimum Gasteiger partial charge on any atom is -0.316 e. The first-order chi connectivity index (χ1) is 9.22. The molecule has 0 aliphatic rings. The lowest BCUT2D eigenvalue weighted by atomic mass is 9.91. The maximum atomic E-state index is 3.64. The van der Waals surface area contributed by atoms with Gasteiger partial charge in [0.25, 0.3) is 0 Å². The molecule has 0 fully saturated rings. The second-order valence-electron chi connectivity index (χ2n) is 4.76. The van der Waals surface area contributed by atoms with Crippen molar-refractivity contribution in [2.45, 2.75) is 26.2 Å². The van der Waals surface area contributed by atoms with Crippen LogP contribution >= 0.6 is 27.3 Å². The van der Waals surface area contributed by atoms with E-state index in [2.05, 4.69) is 70.8 Å². The number of hydrogen-bond acceptors (Lipinski definition) is 2. The number of rotatable bonds is 6. The Labute approximate surface area is 128 Å². The molecule has 0 saturated carbocycles. The first-order valence-corrected chi connectivity index (χ1v) is 8.37. The lowest BCUT2D eigenvalue weighted by molar-refractivity contribution is 0.595. The van der Waals surface area contributed by atoms with Crippen LogP contribution in [-0.2, 0) is 6.42 Å². The molecule has 2 rings (SSSR count). The molecule has 0 saturated heterocycles. The van der Waals surface area contributed by atoms with E-state index < -0.39 is 0 Å². The Kier molecular flexibility index (Phi) is 5.61. The van der Waals surface area contributed by atoms with Crippen molar-refractivity contribution in [2.24, 2.45) is 0 Å². The smallest absolute Gasteiger partial charge is 0.0314 e. The third kappa shape index (κ3) is 3.91. The monoisotopic (exact) mass is 337 g/mol. The Bertz CT molecular complexity index is 521. The van der Waals surface area contributed by atoms with E-state index in [0.29, 0.717) is 5.92 Å². The zero-order valence-electron chi connectivity index (χ0n) is 11.4. The second-order valence-corrected chi connectivity index (χ2v) is 6.61. The van der Waals surface area contributed by atoms with E-state index in [1.54, 1.807) is 0 Å². The maximum absolute atomic E-state index is 3.64. The van der Waals surface area contributed by atoms with Crippen molar-refractivity contribution in [3.63, 3.8) is 0 Å². The number of thiophene rings is 1. The van der Waals surface area contributed by atoms with Gasteiger partial charge in [0.1, 0.15) is 0 Å². The molecule has 0 aliphatic carbocycles. The van der Waals surface area contributed by atoms with Crippen LogP contribution < -0.4 is 5.32 Å². The average Bonchev–Trinajstić information content (AvgIpc) is 2.81. The summed E-state index contributed by atoms with van der Waals surface area (Å²) in [6.07, 6.45) is 1.09. The molecule has 1 atom stereocenters. The summed E-state index contributed by atoms with van der Waals surface area (Å²) >= 11 is 5.48. The fourth-order valence-corrected chi connectivity index (χ4v) is 3.95. The van der Waals surface area contributed by atoms with Crippen LogP contribution in [-0.4, -0.2) is 13.1 Å². The van der Waals surface area contributed by atoms with Crippen molar-refractivity contribution in [1.29, 1.82) is 0 Å². The van der Waals surface area contributed by atoms with Gasteiger partial charge in [-0.1, -0.05) is 31.2 Å². The highest BCUT2D eigenvalue weighted by Crippen LogP contribution is 2.30. The Balaban J connectivity index is 2.21. The molecule has 0 amide bonds. The van der Waals surface area contributed by atoms with Crippen LogP contribution in [0.3, 0.4) is 0 Å². The highest BCUT2D eigenvalue weighted by Gasteiger charge is 2.16. The van der Waals surface area contributed by atoms with Gasteiger partial charge in [0.05, 0.1) is 0 Å². The average molecular weight is 338 g/mol. The molecule has 2 aromatic rings. The Morgan fingerprint density at radius 3 is 2.68 bits per heavy atom. The summed E-state index contributed by atoms with van der Waals surface area (Å²) in [5.74, 6) is 0.538. The molecule has 1 heterocycles. The number of halogens is 1. The van der Waals surface area contributed by atoms with E-state index in [9.17, 15) is 0 Å². The van der Waals surface area contributed by atoms with Crippen molar-refractivity contribution in [1.82, 2.24) is 5.32 Å². The summed E-state index contributed by atoms with van der Waals surface area (Å²) in [4.78, 5) is 1.44. The van der Waals surface area contributed by atoms with Crippen molar-refractivity contribution < 1.29 is 0 Å². The fourth-order valence-electron chi connectivity index (χ4n) is 2.35. The van der Waals surface area contributed by atoms with Crippen LogP contribution in [0.5, 0.6) is 0 Å². The van der Waals surface area contributed by atoms with Crippen molar-refractivity contribution >= 4 is 27.3 Å². The SMILES string of the molecule is CCNCC(Cc1sccc1Br)c1ccccc1C. The molecule has 19 heavy (non-hydrogen) atoms. The summed E-state index contributed by atoms with van der Waals surface area (Å²) in [5.41, 5.74) is 2.85. The lowest BCUT2D eigenvalue weighted by Gasteiger charge is -2.19. The first-order valence-electron chi connectivity index (χ1n) is 6.70. The highest BCUT2D eigenvalue weighted by atomic mass is 79.9. The molecule has 0 aliphatic heterocycles. The van der Waals surface area contributed by atoms with E-state index in [0.717, 1.165) is 19.5 Å². The predicted octanol–water partition coefficient (Wildman–Crippen LogP) is 4.75. The van der Waals surface area contributed by atoms with E-state index in [-0.39, 0.29) is 0 Å². The number of hydrogen-bond donors (Lipinski definition) is 1. The van der Waals surface area contributed by atoms with Gasteiger partial charge in [-0.2, -0.15) is 0 Å². The number of aryl methyl sites for hydroxylation is 1. The van der Waals surface area contributed by atoms with Gasteiger partial charge in [-0.05, 0) is 58.4 Å². The zero-order valence-corrected chi connectivity index (χ0v) is 13.9. The van der Waals surface area contributed by atoms with Crippen molar-refractivity contribution in [3.05, 3.63) is 56.2 Å². The number of benzene rings is 1. The molecule has 0 radical (unpaired) electrons. The minimum absolute atomic E-state index is 0.538. The van der Waals surface area contributed by atoms with E-state index in [1.165, 1.54) is 20.5 Å². The summed E-state index contributed by atoms with van der Waals surface area (Å²) in [7, 11) is 0. The van der Waals surface area contributed by atoms with E-state index in [1.807, 2.05) is 11.3 Å². The lowest BCUT2D eigenvalue weighted by Crippen LogP contribution is -2.23. The van der Waals surface area contributed by atoms with Gasteiger partial charge < -0.3 is 5.32 Å². The summed E-state index contributed by atoms with van der Waals surface area (Å²) in [5, 5.41) is 5.65. The van der Waals surface area contributed by atoms with Gasteiger partial charge in [0.2, 0.25) is 0 Å². The molecular weight excluding hydrogens is 318 g/mol. The molecular formula is C16H20BrNS. The van der Waals surface area contributed by atoms with Crippen LogP contribution in [0.1, 0.15) is 28.8 Å². The van der Waals surface area contributed by atoms with Gasteiger partial charge in [-0.25, -0.2) is 0 Å². The highest BCUT2D eigenvalue weighted by molar-refractivity contribution is 9.10. The van der Waals surface area contributed by atoms with Crippen LogP contribution in [0.15, 0.2) is 40.2 Å². The molecule has 102 valence electrons. The topological polar surface area (TPSA) is 12.0 Å². The van der Waals surface area contributed by atoms with Gasteiger partial charge in [-0.15, -0.1) is 11.3 Å². The normalized spacial score (nSPS) is 12.6. The number of nitrogens with one attached hydrogen (secondary N) is 1. The summed E-state index contributed by atoms with van der Waals surface area (Å²) in [6, 6.07) is 10.9. The van der Waals surface area contributed by atoms with E-state index >= 15 is 0 Å². The molecule has 1 aromatic heterocycles. The standard InChI is InChI=1S/C16H20BrNS/c1-3-18-11-13(10-16-15(17)8-9-19-16)14-7-5-4-6-12(14)2/h4-9,13,18H,3,10-11H2,1-2H3. The fraction of sp³-hybridized carbons (Fsp3) is 0.375. The van der Waals surface area contributed by atoms with Crippen molar-refractivity contribution in [3.8, 4) is 0 Å². The van der Waals surface area contributed by atoms with Crippen LogP contribution in [0.25, 0.3) is 0 Å². The second kappa shape index (κ2) is 7.22. The molecule has 0 bridgehead atoms. The third-order valence-electron chi connectivity index (χ3n) is 3.39. The summed E-state index contributed by atoms with van der Waals surface area (Å²) in [6.45, 7) is 6.42. The molecule has 1 unspecified atom stereocenters. The maximum Gasteiger partial charge on any atom is 0.0314 e. The van der Waals surface area contributed by atoms with Gasteiger partial charge in [0.15, 0.2) is 0 Å². The summed E-state index contributed by atoms with van der Waals surface area (Å²) < 4.78 is 1.24. The van der Waals surface area contributed by atoms with Crippen LogP contribution in [0, 0.1) is 6.92 Å². The predicted molar refractivity (Wildman–Crippen MR) is 88.2 cm³/mol. The van der Waals surface area contributed by atoms with Gasteiger partial charge >= 0.3 is 0 Å². The largest absolute Gasteiger partial charge is 0.316 e. The van der Waals surface area contributed by atoms with Crippen LogP contribution in [0.2, 0.25) is 0 Å². The molecule has 1 N–H and O–H groups in total. The van der Waals surface area contributed by atoms with Crippen molar-refractivity contribution in [2.75, 3.05) is 13.1 Å². The first kappa shape index (κ1) is 14.8. The van der Waals surface area contributed by atoms with Crippen LogP contribution in [0.4, 0.5) is 0 Å². The Morgan fingerprint density at radius 1 is 1.26 bits per heavy atom. The molecule has 1 aromatic carbocycles. The minimum atomic E-state index is 0.538. The quantitative estimate of drug-likeness (QED) is 0.801. The Morgan fingerprint density at radius 2 is 2.05 bits per heavy atom. The Hall–Kier alpha value is -0.640. The van der Waals surface area contributed by atoms with E-state index in [4.69, 9.17) is 0 Å². The van der Waals surface area contributed by atoms with Gasteiger partial charge in [-0.3, -0.25) is 0 Å². The molecule has 0 spiro atoms. The number of likely N-dealkylation sites (N-methyl/N-ethyl adjacent to an activating group) is 1. The molecule has 1 nitrogen and oxygen atoms in total. The molecule has 3 heteroatoms. The third-order valence-corrected chi connectivity index (χ3v) is 5.34.